The highest BCUT2D eigenvalue weighted by Crippen LogP contribution is 2.24. The highest BCUT2D eigenvalue weighted by Gasteiger charge is 2.16. The first-order valence-electron chi connectivity index (χ1n) is 6.29. The molecule has 0 aliphatic heterocycles. The monoisotopic (exact) mass is 235 g/mol. The molecule has 1 fully saturated rings. The first-order valence-corrected chi connectivity index (χ1v) is 6.29. The van der Waals surface area contributed by atoms with Crippen molar-refractivity contribution in [1.82, 2.24) is 9.97 Å². The van der Waals surface area contributed by atoms with Crippen molar-refractivity contribution in [2.45, 2.75) is 52.0 Å². The van der Waals surface area contributed by atoms with E-state index in [1.54, 1.807) is 0 Å². The van der Waals surface area contributed by atoms with Crippen LogP contribution in [-0.4, -0.2) is 16.0 Å². The lowest BCUT2D eigenvalue weighted by Gasteiger charge is -2.24. The normalized spacial score (nSPS) is 16.9. The molecule has 0 atom stereocenters. The number of aryl methyl sites for hydroxylation is 1. The van der Waals surface area contributed by atoms with Gasteiger partial charge >= 0.3 is 0 Å². The Labute approximate surface area is 102 Å². The minimum Gasteiger partial charge on any atom is -0.367 e. The van der Waals surface area contributed by atoms with E-state index < -0.39 is 0 Å². The van der Waals surface area contributed by atoms with Gasteiger partial charge in [0.1, 0.15) is 17.5 Å². The van der Waals surface area contributed by atoms with Gasteiger partial charge in [-0.1, -0.05) is 19.3 Å². The molecule has 0 spiro atoms. The molecule has 0 unspecified atom stereocenters. The Morgan fingerprint density at radius 1 is 1.06 bits per heavy atom. The van der Waals surface area contributed by atoms with Crippen LogP contribution in [0, 0.1) is 13.8 Å². The molecular formula is C12H21N5. The molecule has 4 N–H and O–H groups in total. The third kappa shape index (κ3) is 2.85. The van der Waals surface area contributed by atoms with Gasteiger partial charge in [0.05, 0.1) is 0 Å². The van der Waals surface area contributed by atoms with E-state index in [1.807, 2.05) is 13.8 Å². The van der Waals surface area contributed by atoms with Crippen LogP contribution < -0.4 is 16.6 Å². The summed E-state index contributed by atoms with van der Waals surface area (Å²) in [5, 5.41) is 3.52. The third-order valence-corrected chi connectivity index (χ3v) is 3.34. The Kier molecular flexibility index (Phi) is 3.78. The van der Waals surface area contributed by atoms with Gasteiger partial charge in [-0.05, 0) is 26.7 Å². The van der Waals surface area contributed by atoms with Gasteiger partial charge in [0.2, 0.25) is 0 Å². The molecule has 0 saturated heterocycles. The van der Waals surface area contributed by atoms with Crippen LogP contribution in [0.1, 0.15) is 43.5 Å². The Hall–Kier alpha value is -1.36. The first kappa shape index (κ1) is 12.1. The second-order valence-corrected chi connectivity index (χ2v) is 4.72. The van der Waals surface area contributed by atoms with Crippen molar-refractivity contribution in [3.63, 3.8) is 0 Å². The molecule has 0 amide bonds. The Morgan fingerprint density at radius 2 is 1.71 bits per heavy atom. The summed E-state index contributed by atoms with van der Waals surface area (Å²) in [4.78, 5) is 8.72. The number of rotatable bonds is 3. The summed E-state index contributed by atoms with van der Waals surface area (Å²) in [6, 6.07) is 0.544. The van der Waals surface area contributed by atoms with Crippen LogP contribution in [0.5, 0.6) is 0 Å². The van der Waals surface area contributed by atoms with Crippen molar-refractivity contribution in [3.8, 4) is 0 Å². The first-order chi connectivity index (χ1) is 8.20. The maximum atomic E-state index is 5.45. The van der Waals surface area contributed by atoms with Crippen LogP contribution in [0.3, 0.4) is 0 Å². The van der Waals surface area contributed by atoms with Gasteiger partial charge in [-0.2, -0.15) is 0 Å². The van der Waals surface area contributed by atoms with Crippen LogP contribution >= 0.6 is 0 Å². The zero-order chi connectivity index (χ0) is 12.3. The van der Waals surface area contributed by atoms with Crippen molar-refractivity contribution < 1.29 is 0 Å². The lowest BCUT2D eigenvalue weighted by Crippen LogP contribution is -2.24. The van der Waals surface area contributed by atoms with Crippen LogP contribution in [0.25, 0.3) is 0 Å². The molecule has 1 aliphatic rings. The number of aromatic nitrogens is 2. The number of nitrogens with zero attached hydrogens (tertiary/aromatic N) is 2. The van der Waals surface area contributed by atoms with Crippen molar-refractivity contribution in [2.75, 3.05) is 10.7 Å². The van der Waals surface area contributed by atoms with E-state index in [4.69, 9.17) is 5.84 Å². The molecule has 1 aliphatic carbocycles. The van der Waals surface area contributed by atoms with Crippen LogP contribution in [0.2, 0.25) is 0 Å². The number of hydrogen-bond donors (Lipinski definition) is 3. The predicted molar refractivity (Wildman–Crippen MR) is 69.8 cm³/mol. The topological polar surface area (TPSA) is 75.9 Å². The van der Waals surface area contributed by atoms with Gasteiger partial charge in [-0.15, -0.1) is 0 Å². The largest absolute Gasteiger partial charge is 0.367 e. The number of nitrogens with one attached hydrogen (secondary N) is 2. The number of hydrazine groups is 1. The zero-order valence-corrected chi connectivity index (χ0v) is 10.6. The third-order valence-electron chi connectivity index (χ3n) is 3.34. The lowest BCUT2D eigenvalue weighted by molar-refractivity contribution is 0.461. The molecule has 17 heavy (non-hydrogen) atoms. The van der Waals surface area contributed by atoms with E-state index in [-0.39, 0.29) is 0 Å². The zero-order valence-electron chi connectivity index (χ0n) is 10.6. The van der Waals surface area contributed by atoms with E-state index in [9.17, 15) is 0 Å². The second-order valence-electron chi connectivity index (χ2n) is 4.72. The van der Waals surface area contributed by atoms with E-state index >= 15 is 0 Å². The fraction of sp³-hybridized carbons (Fsp3) is 0.667. The molecule has 1 aromatic rings. The summed E-state index contributed by atoms with van der Waals surface area (Å²) < 4.78 is 0. The highest BCUT2D eigenvalue weighted by molar-refractivity contribution is 5.57. The fourth-order valence-corrected chi connectivity index (χ4v) is 2.35. The summed E-state index contributed by atoms with van der Waals surface area (Å²) in [7, 11) is 0. The van der Waals surface area contributed by atoms with Crippen molar-refractivity contribution in [1.29, 1.82) is 0 Å². The average Bonchev–Trinajstić information content (AvgIpc) is 2.34. The molecule has 1 aromatic heterocycles. The SMILES string of the molecule is Cc1nc(NN)c(C)c(NC2CCCCC2)n1. The fourth-order valence-electron chi connectivity index (χ4n) is 2.35. The van der Waals surface area contributed by atoms with Gasteiger partial charge < -0.3 is 10.7 Å². The summed E-state index contributed by atoms with van der Waals surface area (Å²) in [5.41, 5.74) is 3.61. The average molecular weight is 235 g/mol. The summed E-state index contributed by atoms with van der Waals surface area (Å²) in [6.45, 7) is 3.87. The number of anilines is 2. The number of nitrogen functional groups attached to an aromatic ring is 1. The maximum Gasteiger partial charge on any atom is 0.148 e. The number of nitrogens with two attached hydrogens (primary N) is 1. The lowest BCUT2D eigenvalue weighted by atomic mass is 9.95. The Bertz CT molecular complexity index is 385. The van der Waals surface area contributed by atoms with Crippen molar-refractivity contribution in [3.05, 3.63) is 11.4 Å². The van der Waals surface area contributed by atoms with Gasteiger partial charge in [-0.25, -0.2) is 15.8 Å². The molecular weight excluding hydrogens is 214 g/mol. The highest BCUT2D eigenvalue weighted by atomic mass is 15.3. The van der Waals surface area contributed by atoms with Crippen LogP contribution in [-0.2, 0) is 0 Å². The molecule has 1 saturated carbocycles. The predicted octanol–water partition coefficient (Wildman–Crippen LogP) is 2.12. The van der Waals surface area contributed by atoms with E-state index in [1.165, 1.54) is 32.1 Å². The summed E-state index contributed by atoms with van der Waals surface area (Å²) in [5.74, 6) is 7.81. The minimum absolute atomic E-state index is 0.544. The minimum atomic E-state index is 0.544. The molecule has 0 bridgehead atoms. The summed E-state index contributed by atoms with van der Waals surface area (Å²) in [6.07, 6.45) is 6.43. The van der Waals surface area contributed by atoms with Crippen molar-refractivity contribution in [2.24, 2.45) is 5.84 Å². The molecule has 1 heterocycles. The van der Waals surface area contributed by atoms with Gasteiger partial charge in [0, 0.05) is 11.6 Å². The Morgan fingerprint density at radius 3 is 2.35 bits per heavy atom. The van der Waals surface area contributed by atoms with Gasteiger partial charge in [-0.3, -0.25) is 0 Å². The second kappa shape index (κ2) is 5.31. The molecule has 2 rings (SSSR count). The number of hydrogen-bond acceptors (Lipinski definition) is 5. The molecule has 94 valence electrons. The smallest absolute Gasteiger partial charge is 0.148 e. The Balaban J connectivity index is 2.16. The van der Waals surface area contributed by atoms with E-state index in [2.05, 4.69) is 20.7 Å². The maximum absolute atomic E-state index is 5.45. The quantitative estimate of drug-likeness (QED) is 0.552. The van der Waals surface area contributed by atoms with Gasteiger partial charge in [0.25, 0.3) is 0 Å². The summed E-state index contributed by atoms with van der Waals surface area (Å²) >= 11 is 0. The van der Waals surface area contributed by atoms with Gasteiger partial charge in [0.15, 0.2) is 0 Å². The standard InChI is InChI=1S/C12H21N5/c1-8-11(14-9(2)15-12(8)17-13)16-10-6-4-3-5-7-10/h10H,3-7,13H2,1-2H3,(H2,14,15,16,17). The van der Waals surface area contributed by atoms with E-state index in [0.29, 0.717) is 11.9 Å². The van der Waals surface area contributed by atoms with Crippen molar-refractivity contribution >= 4 is 11.6 Å². The molecule has 0 aromatic carbocycles. The molecule has 0 radical (unpaired) electrons. The van der Waals surface area contributed by atoms with Crippen LogP contribution in [0.15, 0.2) is 0 Å². The molecule has 5 nitrogen and oxygen atoms in total. The van der Waals surface area contributed by atoms with E-state index in [0.717, 1.165) is 17.2 Å². The van der Waals surface area contributed by atoms with Crippen LogP contribution in [0.4, 0.5) is 11.6 Å². The molecule has 5 heteroatoms.